The van der Waals surface area contributed by atoms with E-state index in [1.807, 2.05) is 36.4 Å². The van der Waals surface area contributed by atoms with Crippen molar-refractivity contribution >= 4 is 28.2 Å². The van der Waals surface area contributed by atoms with E-state index in [0.717, 1.165) is 11.1 Å². The molecule has 3 aromatic rings. The number of pyridine rings is 1. The summed E-state index contributed by atoms with van der Waals surface area (Å²) in [5, 5.41) is 11.9. The molecule has 0 fully saturated rings. The van der Waals surface area contributed by atoms with Crippen LogP contribution in [0.4, 0.5) is 5.69 Å². The third-order valence-corrected chi connectivity index (χ3v) is 3.34. The Balaban J connectivity index is 2.23. The van der Waals surface area contributed by atoms with Gasteiger partial charge in [-0.3, -0.25) is 10.1 Å². The summed E-state index contributed by atoms with van der Waals surface area (Å²) in [6.07, 6.45) is 0. The minimum absolute atomic E-state index is 0.0423. The third-order valence-electron chi connectivity index (χ3n) is 3.05. The number of rotatable bonds is 2. The van der Waals surface area contributed by atoms with Gasteiger partial charge in [-0.15, -0.1) is 0 Å². The van der Waals surface area contributed by atoms with Gasteiger partial charge in [0.1, 0.15) is 5.15 Å². The zero-order valence-electron chi connectivity index (χ0n) is 10.3. The molecule has 4 nitrogen and oxygen atoms in total. The normalized spacial score (nSPS) is 10.7. The zero-order valence-corrected chi connectivity index (χ0v) is 11.0. The van der Waals surface area contributed by atoms with E-state index in [1.54, 1.807) is 6.07 Å². The summed E-state index contributed by atoms with van der Waals surface area (Å²) in [4.78, 5) is 14.7. The fourth-order valence-electron chi connectivity index (χ4n) is 2.07. The van der Waals surface area contributed by atoms with Crippen LogP contribution < -0.4 is 0 Å². The highest BCUT2D eigenvalue weighted by Gasteiger charge is 2.11. The van der Waals surface area contributed by atoms with E-state index in [2.05, 4.69) is 4.98 Å². The van der Waals surface area contributed by atoms with Crippen LogP contribution in [-0.4, -0.2) is 9.91 Å². The van der Waals surface area contributed by atoms with Gasteiger partial charge in [0.15, 0.2) is 0 Å². The summed E-state index contributed by atoms with van der Waals surface area (Å²) in [5.41, 5.74) is 2.37. The maximum Gasteiger partial charge on any atom is 0.270 e. The first-order chi connectivity index (χ1) is 9.65. The summed E-state index contributed by atoms with van der Waals surface area (Å²) in [7, 11) is 0. The van der Waals surface area contributed by atoms with E-state index in [4.69, 9.17) is 11.6 Å². The average Bonchev–Trinajstić information content (AvgIpc) is 2.47. The topological polar surface area (TPSA) is 56.0 Å². The van der Waals surface area contributed by atoms with Gasteiger partial charge >= 0.3 is 0 Å². The third kappa shape index (κ3) is 2.21. The molecule has 0 N–H and O–H groups in total. The molecule has 0 bridgehead atoms. The lowest BCUT2D eigenvalue weighted by atomic mass is 10.1. The lowest BCUT2D eigenvalue weighted by molar-refractivity contribution is -0.384. The Morgan fingerprint density at radius 3 is 2.50 bits per heavy atom. The van der Waals surface area contributed by atoms with Crippen LogP contribution in [0, 0.1) is 10.1 Å². The molecule has 0 aliphatic heterocycles. The van der Waals surface area contributed by atoms with Crippen molar-refractivity contribution in [3.63, 3.8) is 0 Å². The number of aromatic nitrogens is 1. The first-order valence-electron chi connectivity index (χ1n) is 5.95. The molecule has 0 radical (unpaired) electrons. The number of hydrogen-bond acceptors (Lipinski definition) is 3. The van der Waals surface area contributed by atoms with Crippen LogP contribution in [0.2, 0.25) is 5.15 Å². The standard InChI is InChI=1S/C15H9ClN2O2/c16-15-13(10-4-2-1-3-5-10)9-11-8-12(18(19)20)6-7-14(11)17-15/h1-9H. The second-order valence-corrected chi connectivity index (χ2v) is 4.68. The van der Waals surface area contributed by atoms with Crippen molar-refractivity contribution in [2.45, 2.75) is 0 Å². The number of halogens is 1. The molecule has 98 valence electrons. The lowest BCUT2D eigenvalue weighted by Crippen LogP contribution is -1.90. The van der Waals surface area contributed by atoms with Crippen LogP contribution in [0.15, 0.2) is 54.6 Å². The fourth-order valence-corrected chi connectivity index (χ4v) is 2.33. The number of nitro benzene ring substituents is 1. The van der Waals surface area contributed by atoms with Gasteiger partial charge in [0.2, 0.25) is 0 Å². The maximum absolute atomic E-state index is 10.8. The smallest absolute Gasteiger partial charge is 0.258 e. The van der Waals surface area contributed by atoms with Gasteiger partial charge in [-0.25, -0.2) is 4.98 Å². The number of nitrogens with zero attached hydrogens (tertiary/aromatic N) is 2. The molecule has 1 heterocycles. The van der Waals surface area contributed by atoms with Gasteiger partial charge in [-0.1, -0.05) is 41.9 Å². The predicted molar refractivity (Wildman–Crippen MR) is 78.8 cm³/mol. The van der Waals surface area contributed by atoms with Crippen LogP contribution in [0.1, 0.15) is 0 Å². The van der Waals surface area contributed by atoms with Gasteiger partial charge in [0.05, 0.1) is 10.4 Å². The summed E-state index contributed by atoms with van der Waals surface area (Å²) < 4.78 is 0. The lowest BCUT2D eigenvalue weighted by Gasteiger charge is -2.06. The molecule has 0 aliphatic carbocycles. The number of nitro groups is 1. The Morgan fingerprint density at radius 2 is 1.80 bits per heavy atom. The van der Waals surface area contributed by atoms with E-state index >= 15 is 0 Å². The van der Waals surface area contributed by atoms with Crippen LogP contribution in [0.3, 0.4) is 0 Å². The molecule has 0 amide bonds. The molecule has 0 spiro atoms. The molecule has 0 saturated heterocycles. The molecule has 1 aromatic heterocycles. The van der Waals surface area contributed by atoms with E-state index in [9.17, 15) is 10.1 Å². The van der Waals surface area contributed by atoms with Gasteiger partial charge in [0, 0.05) is 23.1 Å². The summed E-state index contributed by atoms with van der Waals surface area (Å²) in [6.45, 7) is 0. The summed E-state index contributed by atoms with van der Waals surface area (Å²) >= 11 is 6.20. The summed E-state index contributed by atoms with van der Waals surface area (Å²) in [6, 6.07) is 15.9. The van der Waals surface area contributed by atoms with Crippen molar-refractivity contribution in [3.8, 4) is 11.1 Å². The molecule has 0 aliphatic rings. The van der Waals surface area contributed by atoms with E-state index in [1.165, 1.54) is 12.1 Å². The van der Waals surface area contributed by atoms with Gasteiger partial charge in [0.25, 0.3) is 5.69 Å². The SMILES string of the molecule is O=[N+]([O-])c1ccc2nc(Cl)c(-c3ccccc3)cc2c1. The average molecular weight is 285 g/mol. The molecule has 2 aromatic carbocycles. The van der Waals surface area contributed by atoms with Crippen LogP contribution in [0.25, 0.3) is 22.0 Å². The second kappa shape index (κ2) is 4.90. The molecule has 3 rings (SSSR count). The Labute approximate surface area is 119 Å². The molecular formula is C15H9ClN2O2. The van der Waals surface area contributed by atoms with Crippen molar-refractivity contribution in [1.29, 1.82) is 0 Å². The van der Waals surface area contributed by atoms with E-state index in [0.29, 0.717) is 16.1 Å². The Kier molecular flexibility index (Phi) is 3.08. The minimum Gasteiger partial charge on any atom is -0.258 e. The number of benzene rings is 2. The predicted octanol–water partition coefficient (Wildman–Crippen LogP) is 4.46. The van der Waals surface area contributed by atoms with Gasteiger partial charge < -0.3 is 0 Å². The molecule has 0 atom stereocenters. The highest BCUT2D eigenvalue weighted by Crippen LogP contribution is 2.31. The fraction of sp³-hybridized carbons (Fsp3) is 0. The van der Waals surface area contributed by atoms with E-state index in [-0.39, 0.29) is 5.69 Å². The first-order valence-corrected chi connectivity index (χ1v) is 6.33. The van der Waals surface area contributed by atoms with Crippen LogP contribution in [0.5, 0.6) is 0 Å². The van der Waals surface area contributed by atoms with Crippen LogP contribution >= 0.6 is 11.6 Å². The molecule has 20 heavy (non-hydrogen) atoms. The van der Waals surface area contributed by atoms with Gasteiger partial charge in [-0.2, -0.15) is 0 Å². The van der Waals surface area contributed by atoms with Crippen molar-refractivity contribution in [3.05, 3.63) is 69.9 Å². The number of fused-ring (bicyclic) bond motifs is 1. The molecule has 0 saturated carbocycles. The molecular weight excluding hydrogens is 276 g/mol. The van der Waals surface area contributed by atoms with E-state index < -0.39 is 4.92 Å². The molecule has 5 heteroatoms. The highest BCUT2D eigenvalue weighted by atomic mass is 35.5. The van der Waals surface area contributed by atoms with Crippen molar-refractivity contribution in [2.75, 3.05) is 0 Å². The Hall–Kier alpha value is -2.46. The molecule has 0 unspecified atom stereocenters. The van der Waals surface area contributed by atoms with Crippen LogP contribution in [-0.2, 0) is 0 Å². The largest absolute Gasteiger partial charge is 0.270 e. The van der Waals surface area contributed by atoms with Crippen molar-refractivity contribution in [1.82, 2.24) is 4.98 Å². The first kappa shape index (κ1) is 12.6. The number of hydrogen-bond donors (Lipinski definition) is 0. The minimum atomic E-state index is -0.420. The second-order valence-electron chi connectivity index (χ2n) is 4.33. The van der Waals surface area contributed by atoms with Crippen molar-refractivity contribution in [2.24, 2.45) is 0 Å². The zero-order chi connectivity index (χ0) is 14.1. The quantitative estimate of drug-likeness (QED) is 0.396. The monoisotopic (exact) mass is 284 g/mol. The number of non-ortho nitro benzene ring substituents is 1. The highest BCUT2D eigenvalue weighted by molar-refractivity contribution is 6.32. The Bertz CT molecular complexity index is 804. The van der Waals surface area contributed by atoms with Gasteiger partial charge in [-0.05, 0) is 17.7 Å². The maximum atomic E-state index is 10.8. The van der Waals surface area contributed by atoms with Crippen molar-refractivity contribution < 1.29 is 4.92 Å². The Morgan fingerprint density at radius 1 is 1.05 bits per heavy atom. The summed E-state index contributed by atoms with van der Waals surface area (Å²) in [5.74, 6) is 0.